The Balaban J connectivity index is 1.73. The van der Waals surface area contributed by atoms with E-state index in [-0.39, 0.29) is 46.7 Å². The minimum Gasteiger partial charge on any atom is -0.508 e. The van der Waals surface area contributed by atoms with Gasteiger partial charge in [0.2, 0.25) is 0 Å². The van der Waals surface area contributed by atoms with E-state index in [1.807, 2.05) is 0 Å². The van der Waals surface area contributed by atoms with Crippen LogP contribution in [0, 0.1) is 35.0 Å². The highest BCUT2D eigenvalue weighted by Gasteiger charge is 2.53. The smallest absolute Gasteiger partial charge is 0.257 e. The first-order valence-corrected chi connectivity index (χ1v) is 13.8. The molecule has 0 radical (unpaired) electrons. The van der Waals surface area contributed by atoms with Crippen LogP contribution in [-0.4, -0.2) is 27.6 Å². The molecule has 1 saturated carbocycles. The van der Waals surface area contributed by atoms with Crippen molar-refractivity contribution in [3.8, 4) is 5.75 Å². The number of nitrogens with one attached hydrogen (secondary N) is 1. The lowest BCUT2D eigenvalue weighted by Gasteiger charge is -2.52. The van der Waals surface area contributed by atoms with Crippen LogP contribution in [0.25, 0.3) is 0 Å². The lowest BCUT2D eigenvalue weighted by molar-refractivity contribution is -0.129. The zero-order valence-electron chi connectivity index (χ0n) is 23.2. The van der Waals surface area contributed by atoms with Gasteiger partial charge in [-0.25, -0.2) is 0 Å². The van der Waals surface area contributed by atoms with E-state index < -0.39 is 11.6 Å². The summed E-state index contributed by atoms with van der Waals surface area (Å²) in [5.74, 6) is 0.236. The van der Waals surface area contributed by atoms with Crippen molar-refractivity contribution < 1.29 is 19.8 Å². The van der Waals surface area contributed by atoms with Crippen LogP contribution < -0.4 is 5.32 Å². The summed E-state index contributed by atoms with van der Waals surface area (Å²) in [6, 6.07) is 6.50. The third-order valence-corrected chi connectivity index (χ3v) is 9.06. The van der Waals surface area contributed by atoms with Gasteiger partial charge in [0.25, 0.3) is 5.91 Å². The highest BCUT2D eigenvalue weighted by molar-refractivity contribution is 6.22. The number of fused-ring (bicyclic) bond motifs is 1. The molecule has 2 aliphatic carbocycles. The second-order valence-electron chi connectivity index (χ2n) is 12.3. The molecule has 5 heteroatoms. The molecule has 5 nitrogen and oxygen atoms in total. The number of carbonyl (C=O) groups is 2. The van der Waals surface area contributed by atoms with Crippen molar-refractivity contribution in [2.75, 3.05) is 0 Å². The van der Waals surface area contributed by atoms with Gasteiger partial charge < -0.3 is 15.5 Å². The van der Waals surface area contributed by atoms with E-state index in [9.17, 15) is 19.8 Å². The maximum absolute atomic E-state index is 14.4. The predicted octanol–water partition coefficient (Wildman–Crippen LogP) is 5.88. The van der Waals surface area contributed by atoms with Crippen molar-refractivity contribution in [2.24, 2.45) is 35.0 Å². The average molecular weight is 506 g/mol. The van der Waals surface area contributed by atoms with E-state index in [0.29, 0.717) is 11.8 Å². The quantitative estimate of drug-likeness (QED) is 0.319. The van der Waals surface area contributed by atoms with Gasteiger partial charge in [0.15, 0.2) is 11.5 Å². The summed E-state index contributed by atoms with van der Waals surface area (Å²) in [7, 11) is 0. The number of benzene rings is 1. The molecule has 1 fully saturated rings. The van der Waals surface area contributed by atoms with Gasteiger partial charge in [0.1, 0.15) is 5.75 Å². The molecule has 0 bridgehead atoms. The molecule has 1 amide bonds. The van der Waals surface area contributed by atoms with Crippen LogP contribution in [-0.2, 0) is 16.0 Å². The minimum atomic E-state index is -1.64. The summed E-state index contributed by atoms with van der Waals surface area (Å²) in [6.07, 6.45) is 10.4. The molecule has 1 aromatic carbocycles. The summed E-state index contributed by atoms with van der Waals surface area (Å²) in [5.41, 5.74) is 1.50. The zero-order valence-corrected chi connectivity index (χ0v) is 23.2. The fourth-order valence-electron chi connectivity index (χ4n) is 7.31. The molecule has 4 rings (SSSR count). The van der Waals surface area contributed by atoms with Crippen molar-refractivity contribution in [1.29, 1.82) is 0 Å². The van der Waals surface area contributed by atoms with Crippen molar-refractivity contribution in [1.82, 2.24) is 5.32 Å². The Hall–Kier alpha value is -2.66. The molecule has 200 valence electrons. The van der Waals surface area contributed by atoms with Gasteiger partial charge in [-0.2, -0.15) is 0 Å². The second-order valence-corrected chi connectivity index (χ2v) is 12.3. The molecular formula is C32H43NO4. The number of amides is 1. The Bertz CT molecular complexity index is 1150. The van der Waals surface area contributed by atoms with Crippen molar-refractivity contribution in [3.63, 3.8) is 0 Å². The van der Waals surface area contributed by atoms with Crippen LogP contribution >= 0.6 is 0 Å². The normalized spacial score (nSPS) is 34.8. The number of aliphatic hydroxyl groups is 1. The van der Waals surface area contributed by atoms with Crippen LogP contribution in [0.1, 0.15) is 72.8 Å². The van der Waals surface area contributed by atoms with E-state index in [0.717, 1.165) is 31.2 Å². The Kier molecular flexibility index (Phi) is 7.58. The zero-order chi connectivity index (χ0) is 27.1. The van der Waals surface area contributed by atoms with Crippen LogP contribution in [0.5, 0.6) is 5.75 Å². The lowest BCUT2D eigenvalue weighted by atomic mass is 9.52. The number of carbonyl (C=O) groups excluding carboxylic acids is 2. The number of hydrogen-bond donors (Lipinski definition) is 3. The molecule has 0 unspecified atom stereocenters. The first-order chi connectivity index (χ1) is 17.4. The largest absolute Gasteiger partial charge is 0.508 e. The number of ketones is 1. The third-order valence-electron chi connectivity index (χ3n) is 9.06. The topological polar surface area (TPSA) is 86.6 Å². The lowest BCUT2D eigenvalue weighted by Crippen LogP contribution is -2.48. The number of Topliss-reactive ketones (excluding diaryl/α,β-unsaturated/α-hetero) is 1. The molecule has 1 aromatic rings. The van der Waals surface area contributed by atoms with Crippen LogP contribution in [0.2, 0.25) is 0 Å². The summed E-state index contributed by atoms with van der Waals surface area (Å²) in [4.78, 5) is 27.5. The van der Waals surface area contributed by atoms with Crippen LogP contribution in [0.15, 0.2) is 59.2 Å². The highest BCUT2D eigenvalue weighted by Crippen LogP contribution is 2.56. The van der Waals surface area contributed by atoms with Gasteiger partial charge >= 0.3 is 0 Å². The van der Waals surface area contributed by atoms with Gasteiger partial charge in [-0.1, -0.05) is 76.0 Å². The standard InChI is InChI=1S/C32H43NO4/c1-7-19(2)14-21(4)27-22(5)16-31(6)15-20(3)8-13-26(31)28(27)29(35)25-18-32(37,33-30(25)36)17-23-9-11-24(34)12-10-23/h9-12,14,16,18-20,26-28,34,37H,7-8,13,15,17H2,1-6H3,(H,33,36)/t19-,20+,26-,27+,28+,31-,32-/m1/s1. The van der Waals surface area contributed by atoms with Crippen molar-refractivity contribution in [3.05, 3.63) is 64.8 Å². The molecule has 3 N–H and O–H groups in total. The third kappa shape index (κ3) is 5.47. The summed E-state index contributed by atoms with van der Waals surface area (Å²) in [5, 5.41) is 23.5. The Morgan fingerprint density at radius 1 is 1.22 bits per heavy atom. The Morgan fingerprint density at radius 3 is 2.54 bits per heavy atom. The number of phenols is 1. The van der Waals surface area contributed by atoms with E-state index in [4.69, 9.17) is 0 Å². The van der Waals surface area contributed by atoms with E-state index in [1.54, 1.807) is 24.3 Å². The molecule has 1 aliphatic heterocycles. The number of allylic oxidation sites excluding steroid dienone is 4. The molecule has 7 atom stereocenters. The Labute approximate surface area is 221 Å². The average Bonchev–Trinajstić information content (AvgIpc) is 3.12. The molecular weight excluding hydrogens is 462 g/mol. The summed E-state index contributed by atoms with van der Waals surface area (Å²) >= 11 is 0. The first-order valence-electron chi connectivity index (χ1n) is 13.8. The van der Waals surface area contributed by atoms with Crippen LogP contribution in [0.4, 0.5) is 0 Å². The summed E-state index contributed by atoms with van der Waals surface area (Å²) in [6.45, 7) is 13.2. The number of hydrogen-bond acceptors (Lipinski definition) is 4. The van der Waals surface area contributed by atoms with Crippen LogP contribution in [0.3, 0.4) is 0 Å². The molecule has 0 aromatic heterocycles. The van der Waals surface area contributed by atoms with Gasteiger partial charge in [-0.3, -0.25) is 9.59 Å². The van der Waals surface area contributed by atoms with Gasteiger partial charge in [-0.15, -0.1) is 0 Å². The predicted molar refractivity (Wildman–Crippen MR) is 147 cm³/mol. The minimum absolute atomic E-state index is 0.0486. The van der Waals surface area contributed by atoms with Gasteiger partial charge in [-0.05, 0) is 73.6 Å². The molecule has 1 heterocycles. The van der Waals surface area contributed by atoms with E-state index in [2.05, 4.69) is 59.0 Å². The number of rotatable bonds is 7. The fourth-order valence-corrected chi connectivity index (χ4v) is 7.31. The fraction of sp³-hybridized carbons (Fsp3) is 0.562. The van der Waals surface area contributed by atoms with Crippen molar-refractivity contribution >= 4 is 11.7 Å². The molecule has 0 saturated heterocycles. The molecule has 3 aliphatic rings. The van der Waals surface area contributed by atoms with Gasteiger partial charge in [0.05, 0.1) is 5.57 Å². The SMILES string of the molecule is CC[C@@H](C)C=C(C)[C@H]1C(C)=C[C@@]2(C)C[C@@H](C)CC[C@@H]2[C@@H]1C(=O)C1=C[C@](O)(Cc2ccc(O)cc2)NC1=O. The number of phenolic OH excluding ortho intramolecular Hbond substituents is 1. The maximum atomic E-state index is 14.4. The van der Waals surface area contributed by atoms with Crippen molar-refractivity contribution in [2.45, 2.75) is 79.4 Å². The maximum Gasteiger partial charge on any atom is 0.257 e. The molecule has 0 spiro atoms. The van der Waals surface area contributed by atoms with Gasteiger partial charge in [0, 0.05) is 18.3 Å². The Morgan fingerprint density at radius 2 is 1.89 bits per heavy atom. The molecule has 37 heavy (non-hydrogen) atoms. The van der Waals surface area contributed by atoms with E-state index in [1.165, 1.54) is 17.2 Å². The first kappa shape index (κ1) is 27.4. The summed E-state index contributed by atoms with van der Waals surface area (Å²) < 4.78 is 0. The van der Waals surface area contributed by atoms with E-state index >= 15 is 0 Å². The number of aromatic hydroxyl groups is 1. The monoisotopic (exact) mass is 505 g/mol. The second kappa shape index (κ2) is 10.2. The highest BCUT2D eigenvalue weighted by atomic mass is 16.3.